The van der Waals surface area contributed by atoms with Crippen molar-refractivity contribution >= 4 is 17.7 Å². The lowest BCUT2D eigenvalue weighted by Gasteiger charge is -2.20. The summed E-state index contributed by atoms with van der Waals surface area (Å²) in [5.41, 5.74) is 1.17. The topological polar surface area (TPSA) is 69.6 Å². The van der Waals surface area contributed by atoms with E-state index in [0.29, 0.717) is 24.3 Å². The van der Waals surface area contributed by atoms with E-state index in [1.165, 1.54) is 11.0 Å². The Morgan fingerprint density at radius 1 is 1.30 bits per heavy atom. The van der Waals surface area contributed by atoms with Crippen molar-refractivity contribution in [3.05, 3.63) is 54.6 Å². The first-order valence-electron chi connectivity index (χ1n) is 6.11. The number of nitrogens with zero attached hydrogens (tertiary/aromatic N) is 1. The minimum absolute atomic E-state index is 0.168. The standard InChI is InChI=1S/C15H18N2O3/c1-4-9-17(10-5-2)15(20)16-13-8-6-7-12(11(13)3)14(18)19/h4-8H,1-2,9-10H2,3H3,(H,16,20)(H,18,19). The van der Waals surface area contributed by atoms with E-state index in [2.05, 4.69) is 18.5 Å². The van der Waals surface area contributed by atoms with E-state index in [0.717, 1.165) is 0 Å². The minimum Gasteiger partial charge on any atom is -0.478 e. The fraction of sp³-hybridized carbons (Fsp3) is 0.200. The first-order valence-corrected chi connectivity index (χ1v) is 6.11. The van der Waals surface area contributed by atoms with E-state index < -0.39 is 5.97 Å². The molecule has 1 aromatic carbocycles. The highest BCUT2D eigenvalue weighted by Crippen LogP contribution is 2.19. The molecule has 0 saturated carbocycles. The molecule has 2 N–H and O–H groups in total. The number of rotatable bonds is 6. The van der Waals surface area contributed by atoms with Gasteiger partial charge in [-0.05, 0) is 24.6 Å². The van der Waals surface area contributed by atoms with Gasteiger partial charge in [0, 0.05) is 18.8 Å². The number of benzene rings is 1. The summed E-state index contributed by atoms with van der Waals surface area (Å²) >= 11 is 0. The predicted molar refractivity (Wildman–Crippen MR) is 79.1 cm³/mol. The maximum absolute atomic E-state index is 12.1. The number of carboxylic acid groups (broad SMARTS) is 1. The third kappa shape index (κ3) is 3.71. The minimum atomic E-state index is -1.02. The number of carboxylic acids is 1. The summed E-state index contributed by atoms with van der Waals surface area (Å²) in [4.78, 5) is 24.7. The van der Waals surface area contributed by atoms with Crippen LogP contribution in [0.2, 0.25) is 0 Å². The van der Waals surface area contributed by atoms with Crippen molar-refractivity contribution in [2.45, 2.75) is 6.92 Å². The van der Waals surface area contributed by atoms with Gasteiger partial charge in [0.15, 0.2) is 0 Å². The van der Waals surface area contributed by atoms with E-state index in [1.54, 1.807) is 31.2 Å². The Balaban J connectivity index is 2.94. The lowest BCUT2D eigenvalue weighted by Crippen LogP contribution is -2.35. The van der Waals surface area contributed by atoms with Crippen LogP contribution in [0.1, 0.15) is 15.9 Å². The Kier molecular flexibility index (Phi) is 5.53. The van der Waals surface area contributed by atoms with E-state index in [4.69, 9.17) is 5.11 Å². The molecule has 0 aromatic heterocycles. The summed E-state index contributed by atoms with van der Waals surface area (Å²) in [5, 5.41) is 11.8. The molecule has 5 nitrogen and oxygen atoms in total. The van der Waals surface area contributed by atoms with E-state index in [-0.39, 0.29) is 11.6 Å². The second-order valence-electron chi connectivity index (χ2n) is 4.20. The smallest absolute Gasteiger partial charge is 0.336 e. The van der Waals surface area contributed by atoms with E-state index in [9.17, 15) is 9.59 Å². The summed E-state index contributed by atoms with van der Waals surface area (Å²) in [6.07, 6.45) is 3.23. The maximum Gasteiger partial charge on any atom is 0.336 e. The van der Waals surface area contributed by atoms with E-state index in [1.807, 2.05) is 0 Å². The number of hydrogen-bond donors (Lipinski definition) is 2. The molecule has 0 aliphatic rings. The fourth-order valence-corrected chi connectivity index (χ4v) is 1.75. The lowest BCUT2D eigenvalue weighted by atomic mass is 10.1. The zero-order valence-corrected chi connectivity index (χ0v) is 11.4. The molecule has 0 aliphatic carbocycles. The summed E-state index contributed by atoms with van der Waals surface area (Å²) in [6, 6.07) is 4.44. The van der Waals surface area contributed by atoms with Gasteiger partial charge in [-0.2, -0.15) is 0 Å². The molecule has 1 aromatic rings. The predicted octanol–water partition coefficient (Wildman–Crippen LogP) is 2.90. The summed E-state index contributed by atoms with van der Waals surface area (Å²) in [6.45, 7) is 9.61. The number of anilines is 1. The molecule has 0 fully saturated rings. The first kappa shape index (κ1) is 15.5. The lowest BCUT2D eigenvalue weighted by molar-refractivity contribution is 0.0696. The van der Waals surface area contributed by atoms with Crippen molar-refractivity contribution in [3.8, 4) is 0 Å². The van der Waals surface area contributed by atoms with Crippen molar-refractivity contribution in [2.75, 3.05) is 18.4 Å². The zero-order valence-electron chi connectivity index (χ0n) is 11.4. The Morgan fingerprint density at radius 3 is 2.40 bits per heavy atom. The van der Waals surface area contributed by atoms with Gasteiger partial charge in [0.2, 0.25) is 0 Å². The third-order valence-electron chi connectivity index (χ3n) is 2.79. The molecular weight excluding hydrogens is 256 g/mol. The van der Waals surface area contributed by atoms with Crippen LogP contribution in [-0.2, 0) is 0 Å². The third-order valence-corrected chi connectivity index (χ3v) is 2.79. The number of aromatic carboxylic acids is 1. The van der Waals surface area contributed by atoms with Gasteiger partial charge < -0.3 is 15.3 Å². The summed E-state index contributed by atoms with van der Waals surface area (Å²) in [7, 11) is 0. The Bertz CT molecular complexity index is 528. The van der Waals surface area contributed by atoms with Gasteiger partial charge in [-0.25, -0.2) is 9.59 Å². The van der Waals surface area contributed by atoms with Crippen molar-refractivity contribution in [1.29, 1.82) is 0 Å². The molecule has 5 heteroatoms. The van der Waals surface area contributed by atoms with Crippen LogP contribution in [0.4, 0.5) is 10.5 Å². The molecule has 0 heterocycles. The summed E-state index contributed by atoms with van der Waals surface area (Å²) < 4.78 is 0. The molecule has 0 bridgehead atoms. The molecule has 2 amide bonds. The molecule has 106 valence electrons. The van der Waals surface area contributed by atoms with E-state index >= 15 is 0 Å². The average molecular weight is 274 g/mol. The second-order valence-corrected chi connectivity index (χ2v) is 4.20. The van der Waals surface area contributed by atoms with Crippen LogP contribution < -0.4 is 5.32 Å². The van der Waals surface area contributed by atoms with Gasteiger partial charge in [-0.3, -0.25) is 0 Å². The summed E-state index contributed by atoms with van der Waals surface area (Å²) in [5.74, 6) is -1.02. The van der Waals surface area contributed by atoms with Crippen molar-refractivity contribution < 1.29 is 14.7 Å². The molecule has 0 spiro atoms. The molecule has 0 atom stereocenters. The maximum atomic E-state index is 12.1. The number of urea groups is 1. The van der Waals surface area contributed by atoms with Crippen LogP contribution in [0.15, 0.2) is 43.5 Å². The number of carbonyl (C=O) groups excluding carboxylic acids is 1. The van der Waals surface area contributed by atoms with Crippen LogP contribution in [0.3, 0.4) is 0 Å². The highest BCUT2D eigenvalue weighted by Gasteiger charge is 2.14. The SMILES string of the molecule is C=CCN(CC=C)C(=O)Nc1cccc(C(=O)O)c1C. The Hall–Kier alpha value is -2.56. The number of carbonyl (C=O) groups is 2. The van der Waals surface area contributed by atoms with Gasteiger partial charge in [-0.1, -0.05) is 18.2 Å². The van der Waals surface area contributed by atoms with Crippen molar-refractivity contribution in [2.24, 2.45) is 0 Å². The Morgan fingerprint density at radius 2 is 1.90 bits per heavy atom. The van der Waals surface area contributed by atoms with Crippen molar-refractivity contribution in [1.82, 2.24) is 4.90 Å². The molecular formula is C15H18N2O3. The monoisotopic (exact) mass is 274 g/mol. The van der Waals surface area contributed by atoms with Gasteiger partial charge in [0.05, 0.1) is 5.56 Å². The van der Waals surface area contributed by atoms with Crippen LogP contribution in [0.5, 0.6) is 0 Å². The molecule has 1 rings (SSSR count). The van der Waals surface area contributed by atoms with Crippen LogP contribution >= 0.6 is 0 Å². The van der Waals surface area contributed by atoms with Gasteiger partial charge >= 0.3 is 12.0 Å². The zero-order chi connectivity index (χ0) is 15.1. The van der Waals surface area contributed by atoms with Crippen LogP contribution in [-0.4, -0.2) is 35.1 Å². The second kappa shape index (κ2) is 7.13. The molecule has 0 saturated heterocycles. The molecule has 0 unspecified atom stereocenters. The highest BCUT2D eigenvalue weighted by molar-refractivity contribution is 5.95. The average Bonchev–Trinajstić information content (AvgIpc) is 2.40. The van der Waals surface area contributed by atoms with Gasteiger partial charge in [0.25, 0.3) is 0 Å². The van der Waals surface area contributed by atoms with Gasteiger partial charge in [0.1, 0.15) is 0 Å². The number of hydrogen-bond acceptors (Lipinski definition) is 2. The molecule has 0 radical (unpaired) electrons. The van der Waals surface area contributed by atoms with Crippen LogP contribution in [0.25, 0.3) is 0 Å². The van der Waals surface area contributed by atoms with Crippen LogP contribution in [0, 0.1) is 6.92 Å². The first-order chi connectivity index (χ1) is 9.51. The molecule has 0 aliphatic heterocycles. The number of nitrogens with one attached hydrogen (secondary N) is 1. The highest BCUT2D eigenvalue weighted by atomic mass is 16.4. The quantitative estimate of drug-likeness (QED) is 0.784. The largest absolute Gasteiger partial charge is 0.478 e. The van der Waals surface area contributed by atoms with Gasteiger partial charge in [-0.15, -0.1) is 13.2 Å². The molecule has 20 heavy (non-hydrogen) atoms. The number of amides is 2. The fourth-order valence-electron chi connectivity index (χ4n) is 1.75. The van der Waals surface area contributed by atoms with Crippen molar-refractivity contribution in [3.63, 3.8) is 0 Å². The normalized spacial score (nSPS) is 9.65. The Labute approximate surface area is 118 Å².